The third-order valence-corrected chi connectivity index (χ3v) is 5.88. The van der Waals surface area contributed by atoms with Crippen molar-refractivity contribution in [2.45, 2.75) is 57.8 Å². The Morgan fingerprint density at radius 1 is 0.842 bits per heavy atom. The molecule has 1 N–H and O–H groups in total. The Morgan fingerprint density at radius 3 is 2.47 bits per heavy atom. The van der Waals surface area contributed by atoms with Crippen LogP contribution in [0.15, 0.2) is 0 Å². The number of rotatable bonds is 5. The van der Waals surface area contributed by atoms with E-state index in [0.29, 0.717) is 0 Å². The van der Waals surface area contributed by atoms with E-state index in [-0.39, 0.29) is 0 Å². The Labute approximate surface area is 119 Å². The van der Waals surface area contributed by atoms with E-state index in [2.05, 4.69) is 10.2 Å². The van der Waals surface area contributed by atoms with Gasteiger partial charge >= 0.3 is 0 Å². The van der Waals surface area contributed by atoms with E-state index in [0.717, 1.165) is 17.8 Å². The lowest BCUT2D eigenvalue weighted by Crippen LogP contribution is -2.36. The molecule has 3 rings (SSSR count). The number of hydrogen-bond donors (Lipinski definition) is 1. The topological polar surface area (TPSA) is 15.3 Å². The molecule has 0 radical (unpaired) electrons. The van der Waals surface area contributed by atoms with E-state index in [1.807, 2.05) is 0 Å². The van der Waals surface area contributed by atoms with E-state index in [1.54, 1.807) is 6.42 Å². The summed E-state index contributed by atoms with van der Waals surface area (Å²) in [6.45, 7) is 6.46. The molecule has 1 heterocycles. The summed E-state index contributed by atoms with van der Waals surface area (Å²) >= 11 is 0. The zero-order valence-corrected chi connectivity index (χ0v) is 12.6. The summed E-state index contributed by atoms with van der Waals surface area (Å²) in [6, 6.07) is 0. The first-order valence-electron chi connectivity index (χ1n) is 8.85. The molecule has 19 heavy (non-hydrogen) atoms. The molecule has 0 amide bonds. The van der Waals surface area contributed by atoms with Crippen LogP contribution in [0, 0.1) is 17.8 Å². The standard InChI is InChI=1S/C17H32N2/c1-2-6-17-13-15(7-8-16(17)5-1)14-18-9-12-19-10-3-4-11-19/h15-18H,1-14H2. The first-order chi connectivity index (χ1) is 9.42. The number of fused-ring (bicyclic) bond motifs is 1. The van der Waals surface area contributed by atoms with Gasteiger partial charge in [-0.2, -0.15) is 0 Å². The molecule has 2 heteroatoms. The molecule has 3 unspecified atom stereocenters. The molecular weight excluding hydrogens is 232 g/mol. The number of nitrogens with one attached hydrogen (secondary N) is 1. The molecule has 0 spiro atoms. The van der Waals surface area contributed by atoms with Gasteiger partial charge < -0.3 is 10.2 Å². The number of likely N-dealkylation sites (tertiary alicyclic amines) is 1. The molecule has 2 aliphatic carbocycles. The molecular formula is C17H32N2. The van der Waals surface area contributed by atoms with Crippen molar-refractivity contribution in [2.75, 3.05) is 32.7 Å². The summed E-state index contributed by atoms with van der Waals surface area (Å²) in [5.41, 5.74) is 0. The minimum atomic E-state index is 0.984. The molecule has 0 bridgehead atoms. The van der Waals surface area contributed by atoms with Crippen molar-refractivity contribution < 1.29 is 0 Å². The highest BCUT2D eigenvalue weighted by Gasteiger charge is 2.31. The van der Waals surface area contributed by atoms with Crippen LogP contribution >= 0.6 is 0 Å². The van der Waals surface area contributed by atoms with Gasteiger partial charge in [0.1, 0.15) is 0 Å². The van der Waals surface area contributed by atoms with Crippen molar-refractivity contribution in [2.24, 2.45) is 17.8 Å². The summed E-state index contributed by atoms with van der Waals surface area (Å²) in [5, 5.41) is 3.74. The fourth-order valence-electron chi connectivity index (χ4n) is 4.71. The van der Waals surface area contributed by atoms with Crippen molar-refractivity contribution in [1.29, 1.82) is 0 Å². The Hall–Kier alpha value is -0.0800. The maximum Gasteiger partial charge on any atom is 0.0107 e. The maximum atomic E-state index is 3.74. The van der Waals surface area contributed by atoms with Crippen molar-refractivity contribution in [3.8, 4) is 0 Å². The summed E-state index contributed by atoms with van der Waals surface area (Å²) < 4.78 is 0. The zero-order chi connectivity index (χ0) is 12.9. The maximum absolute atomic E-state index is 3.74. The molecule has 3 fully saturated rings. The molecule has 1 saturated heterocycles. The minimum Gasteiger partial charge on any atom is -0.315 e. The summed E-state index contributed by atoms with van der Waals surface area (Å²) in [4.78, 5) is 2.62. The molecule has 3 atom stereocenters. The highest BCUT2D eigenvalue weighted by molar-refractivity contribution is 4.84. The van der Waals surface area contributed by atoms with Crippen LogP contribution in [-0.2, 0) is 0 Å². The second-order valence-electron chi connectivity index (χ2n) is 7.24. The second kappa shape index (κ2) is 7.08. The third kappa shape index (κ3) is 3.95. The van der Waals surface area contributed by atoms with Gasteiger partial charge in [0.05, 0.1) is 0 Å². The first-order valence-corrected chi connectivity index (χ1v) is 8.85. The highest BCUT2D eigenvalue weighted by Crippen LogP contribution is 2.42. The lowest BCUT2D eigenvalue weighted by molar-refractivity contribution is 0.128. The fraction of sp³-hybridized carbons (Fsp3) is 1.00. The van der Waals surface area contributed by atoms with Gasteiger partial charge in [-0.15, -0.1) is 0 Å². The number of nitrogens with zero attached hydrogens (tertiary/aromatic N) is 1. The van der Waals surface area contributed by atoms with Crippen LogP contribution in [0.25, 0.3) is 0 Å². The van der Waals surface area contributed by atoms with Crippen molar-refractivity contribution in [1.82, 2.24) is 10.2 Å². The van der Waals surface area contributed by atoms with Crippen molar-refractivity contribution in [3.63, 3.8) is 0 Å². The monoisotopic (exact) mass is 264 g/mol. The minimum absolute atomic E-state index is 0.984. The highest BCUT2D eigenvalue weighted by atomic mass is 15.1. The van der Waals surface area contributed by atoms with Crippen LogP contribution < -0.4 is 5.32 Å². The average molecular weight is 264 g/mol. The SMILES string of the molecule is C1CCC2CC(CNCCN3CCCC3)CCC2C1. The van der Waals surface area contributed by atoms with Crippen LogP contribution in [0.3, 0.4) is 0 Å². The predicted octanol–water partition coefficient (Wildman–Crippen LogP) is 3.28. The fourth-order valence-corrected chi connectivity index (χ4v) is 4.71. The van der Waals surface area contributed by atoms with E-state index in [4.69, 9.17) is 0 Å². The summed E-state index contributed by atoms with van der Waals surface area (Å²) in [6.07, 6.45) is 13.5. The van der Waals surface area contributed by atoms with E-state index >= 15 is 0 Å². The van der Waals surface area contributed by atoms with Crippen molar-refractivity contribution in [3.05, 3.63) is 0 Å². The molecule has 3 aliphatic rings. The summed E-state index contributed by atoms with van der Waals surface area (Å²) in [7, 11) is 0. The lowest BCUT2D eigenvalue weighted by atomic mass is 9.67. The van der Waals surface area contributed by atoms with Gasteiger partial charge in [-0.1, -0.05) is 25.7 Å². The van der Waals surface area contributed by atoms with Crippen LogP contribution in [0.2, 0.25) is 0 Å². The van der Waals surface area contributed by atoms with Gasteiger partial charge in [0.15, 0.2) is 0 Å². The van der Waals surface area contributed by atoms with Gasteiger partial charge in [-0.25, -0.2) is 0 Å². The molecule has 1 aliphatic heterocycles. The third-order valence-electron chi connectivity index (χ3n) is 5.88. The molecule has 2 nitrogen and oxygen atoms in total. The largest absolute Gasteiger partial charge is 0.315 e. The van der Waals surface area contributed by atoms with E-state index < -0.39 is 0 Å². The Bertz CT molecular complexity index is 260. The Morgan fingerprint density at radius 2 is 1.63 bits per heavy atom. The van der Waals surface area contributed by atoms with Crippen molar-refractivity contribution >= 4 is 0 Å². The average Bonchev–Trinajstić information content (AvgIpc) is 2.97. The summed E-state index contributed by atoms with van der Waals surface area (Å²) in [5.74, 6) is 3.18. The van der Waals surface area contributed by atoms with Gasteiger partial charge in [0, 0.05) is 13.1 Å². The van der Waals surface area contributed by atoms with Gasteiger partial charge in [-0.3, -0.25) is 0 Å². The second-order valence-corrected chi connectivity index (χ2v) is 7.24. The Kier molecular flexibility index (Phi) is 5.17. The quantitative estimate of drug-likeness (QED) is 0.767. The first kappa shape index (κ1) is 13.9. The van der Waals surface area contributed by atoms with Gasteiger partial charge in [0.25, 0.3) is 0 Å². The van der Waals surface area contributed by atoms with Crippen LogP contribution in [0.4, 0.5) is 0 Å². The van der Waals surface area contributed by atoms with E-state index in [9.17, 15) is 0 Å². The normalized spacial score (nSPS) is 36.3. The lowest BCUT2D eigenvalue weighted by Gasteiger charge is -2.39. The number of hydrogen-bond acceptors (Lipinski definition) is 2. The smallest absolute Gasteiger partial charge is 0.0107 e. The molecule has 110 valence electrons. The predicted molar refractivity (Wildman–Crippen MR) is 81.3 cm³/mol. The molecule has 0 aromatic heterocycles. The van der Waals surface area contributed by atoms with Crippen LogP contribution in [0.1, 0.15) is 57.8 Å². The molecule has 2 saturated carbocycles. The zero-order valence-electron chi connectivity index (χ0n) is 12.6. The van der Waals surface area contributed by atoms with Gasteiger partial charge in [0.2, 0.25) is 0 Å². The Balaban J connectivity index is 1.30. The van der Waals surface area contributed by atoms with Crippen LogP contribution in [-0.4, -0.2) is 37.6 Å². The molecule has 0 aromatic rings. The van der Waals surface area contributed by atoms with Gasteiger partial charge in [-0.05, 0) is 69.5 Å². The van der Waals surface area contributed by atoms with Crippen LogP contribution in [0.5, 0.6) is 0 Å². The van der Waals surface area contributed by atoms with E-state index in [1.165, 1.54) is 84.1 Å². The molecule has 0 aromatic carbocycles.